The first kappa shape index (κ1) is 7.54. The van der Waals surface area contributed by atoms with Crippen LogP contribution in [-0.4, -0.2) is 6.69 Å². The third-order valence-electron chi connectivity index (χ3n) is 0.459. The molecule has 0 N–H and O–H groups in total. The molecule has 0 nitrogen and oxygen atoms in total. The summed E-state index contributed by atoms with van der Waals surface area (Å²) in [4.78, 5) is 0. The third-order valence-corrected chi connectivity index (χ3v) is 2.13. The zero-order chi connectivity index (χ0) is 5.91. The molecule has 0 bridgehead atoms. The van der Waals surface area contributed by atoms with Crippen molar-refractivity contribution >= 4 is 28.9 Å². The van der Waals surface area contributed by atoms with Crippen LogP contribution in [0.25, 0.3) is 0 Å². The van der Waals surface area contributed by atoms with E-state index >= 15 is 0 Å². The molecule has 0 spiro atoms. The predicted octanol–water partition coefficient (Wildman–Crippen LogP) is 2.65. The fourth-order valence-electron chi connectivity index (χ4n) is 0.293. The van der Waals surface area contributed by atoms with Crippen LogP contribution in [0.5, 0.6) is 0 Å². The molecule has 0 aliphatic rings. The molecule has 0 aliphatic heterocycles. The van der Waals surface area contributed by atoms with E-state index in [4.69, 9.17) is 22.2 Å². The zero-order valence-electron chi connectivity index (χ0n) is 4.41. The second-order valence-corrected chi connectivity index (χ2v) is 8.99. The second-order valence-electron chi connectivity index (χ2n) is 1.46. The predicted molar refractivity (Wildman–Crippen MR) is 38.1 cm³/mol. The lowest BCUT2D eigenvalue weighted by Crippen LogP contribution is -2.06. The average molecular weight is 155 g/mol. The SMILES string of the molecule is CC=C[Si](C)(Cl)Cl. The van der Waals surface area contributed by atoms with E-state index in [2.05, 4.69) is 0 Å². The lowest BCUT2D eigenvalue weighted by molar-refractivity contribution is 1.77. The summed E-state index contributed by atoms with van der Waals surface area (Å²) >= 11 is 11.3. The van der Waals surface area contributed by atoms with E-state index < -0.39 is 6.69 Å². The standard InChI is InChI=1S/C4H8Cl2Si/c1-3-4-7(2,5)6/h3-4H,1-2H3. The Balaban J connectivity index is 3.56. The van der Waals surface area contributed by atoms with Gasteiger partial charge in [0.05, 0.1) is 0 Å². The molecule has 0 amide bonds. The number of hydrogen-bond acceptors (Lipinski definition) is 0. The summed E-state index contributed by atoms with van der Waals surface area (Å²) in [6.45, 7) is 1.88. The molecule has 0 fully saturated rings. The lowest BCUT2D eigenvalue weighted by atomic mass is 10.8. The van der Waals surface area contributed by atoms with Gasteiger partial charge in [-0.15, -0.1) is 22.2 Å². The molecule has 0 atom stereocenters. The molecule has 0 aromatic rings. The highest BCUT2D eigenvalue weighted by molar-refractivity contribution is 7.47. The molecule has 0 aromatic heterocycles. The van der Waals surface area contributed by atoms with Crippen molar-refractivity contribution in [1.82, 2.24) is 0 Å². The van der Waals surface area contributed by atoms with E-state index in [0.29, 0.717) is 0 Å². The first-order chi connectivity index (χ1) is 3.06. The number of halogens is 2. The Bertz CT molecular complexity index is 72.2. The summed E-state index contributed by atoms with van der Waals surface area (Å²) in [5.74, 6) is 0. The van der Waals surface area contributed by atoms with Crippen molar-refractivity contribution in [3.05, 3.63) is 11.8 Å². The molecule has 0 saturated carbocycles. The molecule has 0 saturated heterocycles. The molecule has 0 heterocycles. The maximum absolute atomic E-state index is 5.65. The summed E-state index contributed by atoms with van der Waals surface area (Å²) in [5, 5.41) is 0. The summed E-state index contributed by atoms with van der Waals surface area (Å²) < 4.78 is 0. The third kappa shape index (κ3) is 6.54. The van der Waals surface area contributed by atoms with Crippen LogP contribution in [0.4, 0.5) is 0 Å². The van der Waals surface area contributed by atoms with Gasteiger partial charge in [-0.1, -0.05) is 11.8 Å². The van der Waals surface area contributed by atoms with Crippen LogP contribution in [0.3, 0.4) is 0 Å². The normalized spacial score (nSPS) is 13.1. The minimum absolute atomic E-state index is 1.86. The van der Waals surface area contributed by atoms with Crippen LogP contribution >= 0.6 is 22.2 Å². The van der Waals surface area contributed by atoms with Gasteiger partial charge in [-0.25, -0.2) is 0 Å². The van der Waals surface area contributed by atoms with E-state index in [1.807, 2.05) is 25.2 Å². The number of hydrogen-bond donors (Lipinski definition) is 0. The molecule has 7 heavy (non-hydrogen) atoms. The molecule has 0 aromatic carbocycles. The molecule has 0 radical (unpaired) electrons. The monoisotopic (exact) mass is 154 g/mol. The summed E-state index contributed by atoms with van der Waals surface area (Å²) in [6, 6.07) is 0. The fourth-order valence-corrected chi connectivity index (χ4v) is 1.63. The van der Waals surface area contributed by atoms with Crippen molar-refractivity contribution in [2.24, 2.45) is 0 Å². The van der Waals surface area contributed by atoms with E-state index in [1.165, 1.54) is 0 Å². The molecule has 0 unspecified atom stereocenters. The van der Waals surface area contributed by atoms with Crippen molar-refractivity contribution < 1.29 is 0 Å². The van der Waals surface area contributed by atoms with Crippen LogP contribution in [0.15, 0.2) is 11.8 Å². The Labute approximate surface area is 54.5 Å². The summed E-state index contributed by atoms with van der Waals surface area (Å²) in [6.07, 6.45) is 1.88. The minimum atomic E-state index is -1.89. The second kappa shape index (κ2) is 2.75. The first-order valence-corrected chi connectivity index (χ1v) is 6.68. The molecule has 0 rings (SSSR count). The molecule has 0 aliphatic carbocycles. The maximum atomic E-state index is 5.65. The Hall–Kier alpha value is 0.537. The van der Waals surface area contributed by atoms with E-state index in [9.17, 15) is 0 Å². The highest BCUT2D eigenvalue weighted by Gasteiger charge is 2.13. The minimum Gasteiger partial charge on any atom is -0.141 e. The highest BCUT2D eigenvalue weighted by atomic mass is 35.7. The van der Waals surface area contributed by atoms with Crippen molar-refractivity contribution in [1.29, 1.82) is 0 Å². The van der Waals surface area contributed by atoms with Gasteiger partial charge in [0.15, 0.2) is 0 Å². The van der Waals surface area contributed by atoms with Gasteiger partial charge in [0.2, 0.25) is 0 Å². The van der Waals surface area contributed by atoms with E-state index in [0.717, 1.165) is 0 Å². The Morgan fingerprint density at radius 1 is 1.43 bits per heavy atom. The van der Waals surface area contributed by atoms with Gasteiger partial charge >= 0.3 is 0 Å². The van der Waals surface area contributed by atoms with Gasteiger partial charge in [-0.3, -0.25) is 0 Å². The average Bonchev–Trinajstić information content (AvgIpc) is 1.30. The largest absolute Gasteiger partial charge is 0.270 e. The Morgan fingerprint density at radius 2 is 1.86 bits per heavy atom. The zero-order valence-corrected chi connectivity index (χ0v) is 6.92. The highest BCUT2D eigenvalue weighted by Crippen LogP contribution is 2.14. The van der Waals surface area contributed by atoms with Crippen LogP contribution in [-0.2, 0) is 0 Å². The van der Waals surface area contributed by atoms with Gasteiger partial charge < -0.3 is 0 Å². The number of rotatable bonds is 1. The topological polar surface area (TPSA) is 0 Å². The van der Waals surface area contributed by atoms with Crippen LogP contribution in [0.2, 0.25) is 6.55 Å². The van der Waals surface area contributed by atoms with Crippen molar-refractivity contribution in [2.75, 3.05) is 0 Å². The molecular weight excluding hydrogens is 147 g/mol. The van der Waals surface area contributed by atoms with Gasteiger partial charge in [0.1, 0.15) is 0 Å². The first-order valence-electron chi connectivity index (χ1n) is 2.08. The number of allylic oxidation sites excluding steroid dienone is 1. The van der Waals surface area contributed by atoms with Gasteiger partial charge in [0.25, 0.3) is 6.69 Å². The smallest absolute Gasteiger partial charge is 0.141 e. The fraction of sp³-hybridized carbons (Fsp3) is 0.500. The van der Waals surface area contributed by atoms with Crippen LogP contribution < -0.4 is 0 Å². The lowest BCUT2D eigenvalue weighted by Gasteiger charge is -1.98. The van der Waals surface area contributed by atoms with Crippen LogP contribution in [0.1, 0.15) is 6.92 Å². The Morgan fingerprint density at radius 3 is 1.86 bits per heavy atom. The Kier molecular flexibility index (Phi) is 2.96. The van der Waals surface area contributed by atoms with Crippen molar-refractivity contribution in [3.63, 3.8) is 0 Å². The van der Waals surface area contributed by atoms with E-state index in [-0.39, 0.29) is 0 Å². The maximum Gasteiger partial charge on any atom is 0.270 e. The van der Waals surface area contributed by atoms with Gasteiger partial charge in [-0.05, 0) is 13.5 Å². The van der Waals surface area contributed by atoms with Gasteiger partial charge in [0, 0.05) is 0 Å². The van der Waals surface area contributed by atoms with E-state index in [1.54, 1.807) is 0 Å². The molecule has 42 valence electrons. The van der Waals surface area contributed by atoms with Crippen molar-refractivity contribution in [3.8, 4) is 0 Å². The van der Waals surface area contributed by atoms with Crippen molar-refractivity contribution in [2.45, 2.75) is 13.5 Å². The van der Waals surface area contributed by atoms with Crippen LogP contribution in [0, 0.1) is 0 Å². The molecular formula is C4H8Cl2Si. The summed E-state index contributed by atoms with van der Waals surface area (Å²) in [5.41, 5.74) is 1.86. The van der Waals surface area contributed by atoms with Gasteiger partial charge in [-0.2, -0.15) is 0 Å². The molecule has 3 heteroatoms. The summed E-state index contributed by atoms with van der Waals surface area (Å²) in [7, 11) is 0. The quantitative estimate of drug-likeness (QED) is 0.403.